The maximum Gasteiger partial charge on any atom is 0.195 e. The number of piperidine rings is 1. The summed E-state index contributed by atoms with van der Waals surface area (Å²) in [5.74, 6) is 3.14. The van der Waals surface area contributed by atoms with E-state index in [9.17, 15) is 0 Å². The number of anilines is 1. The van der Waals surface area contributed by atoms with Gasteiger partial charge in [0, 0.05) is 58.1 Å². The molecule has 1 fully saturated rings. The summed E-state index contributed by atoms with van der Waals surface area (Å²) in [6, 6.07) is 5.95. The van der Waals surface area contributed by atoms with Crippen LogP contribution >= 0.6 is 24.0 Å². The van der Waals surface area contributed by atoms with Gasteiger partial charge in [0.25, 0.3) is 0 Å². The van der Waals surface area contributed by atoms with Crippen molar-refractivity contribution >= 4 is 35.6 Å². The molecule has 0 amide bonds. The number of hydrogen-bond donors (Lipinski definition) is 2. The number of guanidine groups is 1. The average molecular weight is 577 g/mol. The third-order valence-corrected chi connectivity index (χ3v) is 5.62. The lowest BCUT2D eigenvalue weighted by Crippen LogP contribution is -2.41. The summed E-state index contributed by atoms with van der Waals surface area (Å²) in [6.45, 7) is 10.6. The van der Waals surface area contributed by atoms with E-state index in [4.69, 9.17) is 23.9 Å². The van der Waals surface area contributed by atoms with Gasteiger partial charge in [-0.3, -0.25) is 4.99 Å². The predicted octanol–water partition coefficient (Wildman–Crippen LogP) is 3.61. The number of halogens is 1. The third-order valence-electron chi connectivity index (χ3n) is 5.62. The van der Waals surface area contributed by atoms with Crippen LogP contribution in [0.3, 0.4) is 0 Å². The second kappa shape index (κ2) is 16.3. The highest BCUT2D eigenvalue weighted by molar-refractivity contribution is 14.0. The molecule has 3 rings (SSSR count). The Morgan fingerprint density at radius 3 is 2.82 bits per heavy atom. The first kappa shape index (κ1) is 27.9. The van der Waals surface area contributed by atoms with Crippen LogP contribution in [-0.4, -0.2) is 83.7 Å². The fraction of sp³-hybridized carbons (Fsp3) is 0.708. The van der Waals surface area contributed by atoms with Gasteiger partial charge < -0.3 is 34.5 Å². The smallest absolute Gasteiger partial charge is 0.195 e. The molecule has 1 aromatic carbocycles. The summed E-state index contributed by atoms with van der Waals surface area (Å²) < 4.78 is 22.1. The number of benzene rings is 1. The highest BCUT2D eigenvalue weighted by atomic mass is 127. The van der Waals surface area contributed by atoms with Gasteiger partial charge in [-0.15, -0.1) is 24.0 Å². The molecule has 1 atom stereocenters. The Balaban J connectivity index is 0.00000385. The van der Waals surface area contributed by atoms with Gasteiger partial charge >= 0.3 is 0 Å². The van der Waals surface area contributed by atoms with Gasteiger partial charge in [0.2, 0.25) is 0 Å². The maximum absolute atomic E-state index is 5.83. The number of nitrogens with one attached hydrogen (secondary N) is 2. The van der Waals surface area contributed by atoms with Crippen LogP contribution in [0.4, 0.5) is 5.69 Å². The highest BCUT2D eigenvalue weighted by Gasteiger charge is 2.16. The number of rotatable bonds is 11. The molecule has 0 aliphatic carbocycles. The van der Waals surface area contributed by atoms with Crippen molar-refractivity contribution in [3.8, 4) is 11.5 Å². The normalized spacial score (nSPS) is 18.8. The Morgan fingerprint density at radius 2 is 2.00 bits per heavy atom. The summed E-state index contributed by atoms with van der Waals surface area (Å²) in [5, 5.41) is 6.93. The van der Waals surface area contributed by atoms with Crippen LogP contribution in [0.15, 0.2) is 23.2 Å². The van der Waals surface area contributed by atoms with E-state index in [0.717, 1.165) is 55.0 Å². The van der Waals surface area contributed by atoms with Gasteiger partial charge in [-0.1, -0.05) is 6.92 Å². The largest absolute Gasteiger partial charge is 0.490 e. The van der Waals surface area contributed by atoms with E-state index < -0.39 is 0 Å². The minimum Gasteiger partial charge on any atom is -0.490 e. The van der Waals surface area contributed by atoms with Crippen molar-refractivity contribution in [1.82, 2.24) is 10.2 Å². The lowest BCUT2D eigenvalue weighted by Gasteiger charge is -2.30. The van der Waals surface area contributed by atoms with E-state index in [1.54, 1.807) is 7.11 Å². The number of likely N-dealkylation sites (tertiary alicyclic amines) is 1. The predicted molar refractivity (Wildman–Crippen MR) is 144 cm³/mol. The molecule has 0 saturated carbocycles. The molecule has 0 bridgehead atoms. The Bertz CT molecular complexity index is 707. The molecule has 1 aromatic rings. The first-order chi connectivity index (χ1) is 15.7. The van der Waals surface area contributed by atoms with Crippen LogP contribution in [0.25, 0.3) is 0 Å². The van der Waals surface area contributed by atoms with Crippen molar-refractivity contribution in [1.29, 1.82) is 0 Å². The molecule has 188 valence electrons. The van der Waals surface area contributed by atoms with Crippen molar-refractivity contribution < 1.29 is 18.9 Å². The van der Waals surface area contributed by atoms with E-state index >= 15 is 0 Å². The fourth-order valence-corrected chi connectivity index (χ4v) is 3.94. The van der Waals surface area contributed by atoms with Crippen molar-refractivity contribution in [2.24, 2.45) is 10.9 Å². The number of fused-ring (bicyclic) bond motifs is 1. The molecule has 1 saturated heterocycles. The van der Waals surface area contributed by atoms with Crippen LogP contribution < -0.4 is 20.1 Å². The number of aliphatic imine (C=N–C) groups is 1. The van der Waals surface area contributed by atoms with Gasteiger partial charge in [-0.25, -0.2) is 0 Å². The summed E-state index contributed by atoms with van der Waals surface area (Å²) >= 11 is 0. The number of ether oxygens (including phenoxy) is 4. The molecule has 33 heavy (non-hydrogen) atoms. The Morgan fingerprint density at radius 1 is 1.15 bits per heavy atom. The van der Waals surface area contributed by atoms with Crippen LogP contribution in [0.5, 0.6) is 11.5 Å². The third kappa shape index (κ3) is 10.7. The Labute approximate surface area is 215 Å². The van der Waals surface area contributed by atoms with Gasteiger partial charge in [0.1, 0.15) is 0 Å². The lowest BCUT2D eigenvalue weighted by molar-refractivity contribution is 0.0702. The zero-order valence-electron chi connectivity index (χ0n) is 20.1. The van der Waals surface area contributed by atoms with Crippen molar-refractivity contribution in [3.05, 3.63) is 18.2 Å². The molecule has 2 aliphatic rings. The van der Waals surface area contributed by atoms with Crippen LogP contribution in [-0.2, 0) is 9.47 Å². The van der Waals surface area contributed by atoms with Gasteiger partial charge in [-0.2, -0.15) is 0 Å². The molecule has 0 radical (unpaired) electrons. The van der Waals surface area contributed by atoms with Crippen molar-refractivity contribution in [2.75, 3.05) is 78.2 Å². The minimum atomic E-state index is 0. The quantitative estimate of drug-likeness (QED) is 0.181. The molecule has 2 aliphatic heterocycles. The number of methoxy groups -OCH3 is 1. The van der Waals surface area contributed by atoms with E-state index in [-0.39, 0.29) is 24.0 Å². The SMILES string of the molecule is COCCOCCCN=C(NCCN1CCCC(C)C1)Nc1ccc2c(c1)OCCCO2.I. The molecule has 0 aromatic heterocycles. The number of nitrogens with zero attached hydrogens (tertiary/aromatic N) is 2. The topological polar surface area (TPSA) is 76.6 Å². The molecule has 0 spiro atoms. The standard InChI is InChI=1S/C24H40N4O4.HI/c1-20-6-3-11-28(19-20)12-10-26-24(25-9-4-13-30-17-16-29-2)27-21-7-8-22-23(18-21)32-15-5-14-31-22;/h7-8,18,20H,3-6,9-17,19H2,1-2H3,(H2,25,26,27);1H. The van der Waals surface area contributed by atoms with E-state index in [1.165, 1.54) is 25.9 Å². The van der Waals surface area contributed by atoms with Crippen molar-refractivity contribution in [2.45, 2.75) is 32.6 Å². The molecular formula is C24H41IN4O4. The summed E-state index contributed by atoms with van der Waals surface area (Å²) in [5.41, 5.74) is 0.934. The maximum atomic E-state index is 5.83. The summed E-state index contributed by atoms with van der Waals surface area (Å²) in [6.07, 6.45) is 4.39. The second-order valence-electron chi connectivity index (χ2n) is 8.50. The molecule has 2 heterocycles. The fourth-order valence-electron chi connectivity index (χ4n) is 3.94. The zero-order chi connectivity index (χ0) is 22.4. The molecule has 1 unspecified atom stereocenters. The van der Waals surface area contributed by atoms with Crippen LogP contribution in [0.2, 0.25) is 0 Å². The van der Waals surface area contributed by atoms with E-state index in [1.807, 2.05) is 18.2 Å². The summed E-state index contributed by atoms with van der Waals surface area (Å²) in [7, 11) is 1.68. The highest BCUT2D eigenvalue weighted by Crippen LogP contribution is 2.32. The van der Waals surface area contributed by atoms with Crippen LogP contribution in [0, 0.1) is 5.92 Å². The average Bonchev–Trinajstić information content (AvgIpc) is 3.03. The van der Waals surface area contributed by atoms with Gasteiger partial charge in [0.05, 0.1) is 26.4 Å². The Hall–Kier alpha value is -1.30. The number of hydrogen-bond acceptors (Lipinski definition) is 6. The van der Waals surface area contributed by atoms with Crippen molar-refractivity contribution in [3.63, 3.8) is 0 Å². The lowest BCUT2D eigenvalue weighted by atomic mass is 10.0. The zero-order valence-corrected chi connectivity index (χ0v) is 22.5. The van der Waals surface area contributed by atoms with E-state index in [0.29, 0.717) is 39.6 Å². The van der Waals surface area contributed by atoms with Gasteiger partial charge in [-0.05, 0) is 43.9 Å². The first-order valence-electron chi connectivity index (χ1n) is 12.0. The molecule has 8 nitrogen and oxygen atoms in total. The van der Waals surface area contributed by atoms with Crippen LogP contribution in [0.1, 0.15) is 32.6 Å². The van der Waals surface area contributed by atoms with Gasteiger partial charge in [0.15, 0.2) is 17.5 Å². The second-order valence-corrected chi connectivity index (χ2v) is 8.50. The van der Waals surface area contributed by atoms with E-state index in [2.05, 4.69) is 22.5 Å². The Kier molecular flexibility index (Phi) is 13.8. The molecular weight excluding hydrogens is 535 g/mol. The summed E-state index contributed by atoms with van der Waals surface area (Å²) in [4.78, 5) is 7.30. The monoisotopic (exact) mass is 576 g/mol. The molecule has 2 N–H and O–H groups in total. The minimum absolute atomic E-state index is 0. The molecule has 9 heteroatoms. The first-order valence-corrected chi connectivity index (χ1v) is 12.0.